The van der Waals surface area contributed by atoms with Crippen molar-refractivity contribution in [3.05, 3.63) is 30.1 Å². The number of anilines is 1. The van der Waals surface area contributed by atoms with Crippen molar-refractivity contribution in [3.8, 4) is 0 Å². The van der Waals surface area contributed by atoms with Crippen LogP contribution < -0.4 is 15.5 Å². The zero-order chi connectivity index (χ0) is 19.5. The number of nitrogens with one attached hydrogen (secondary N) is 2. The molecule has 158 valence electrons. The van der Waals surface area contributed by atoms with Crippen LogP contribution >= 0.6 is 24.0 Å². The van der Waals surface area contributed by atoms with Gasteiger partial charge in [0.05, 0.1) is 5.69 Å². The first-order valence-electron chi connectivity index (χ1n) is 9.87. The molecule has 0 saturated carbocycles. The number of aliphatic imine (C=N–C) groups is 1. The van der Waals surface area contributed by atoms with Gasteiger partial charge in [-0.2, -0.15) is 0 Å². The van der Waals surface area contributed by atoms with E-state index in [0.29, 0.717) is 18.7 Å². The quantitative estimate of drug-likeness (QED) is 0.222. The van der Waals surface area contributed by atoms with Crippen LogP contribution in [-0.2, 0) is 4.79 Å². The molecule has 1 aromatic rings. The van der Waals surface area contributed by atoms with Gasteiger partial charge in [-0.1, -0.05) is 12.1 Å². The minimum absolute atomic E-state index is 0. The third-order valence-corrected chi connectivity index (χ3v) is 4.60. The normalized spacial score (nSPS) is 14.0. The maximum Gasteiger partial charge on any atom is 0.222 e. The highest BCUT2D eigenvalue weighted by molar-refractivity contribution is 14.0. The van der Waals surface area contributed by atoms with Crippen LogP contribution in [0.1, 0.15) is 32.6 Å². The van der Waals surface area contributed by atoms with Gasteiger partial charge in [0.25, 0.3) is 0 Å². The maximum atomic E-state index is 13.8. The Kier molecular flexibility index (Phi) is 11.9. The third kappa shape index (κ3) is 8.20. The summed E-state index contributed by atoms with van der Waals surface area (Å²) in [4.78, 5) is 20.0. The summed E-state index contributed by atoms with van der Waals surface area (Å²) in [5, 5.41) is 6.55. The number of hydrogen-bond donors (Lipinski definition) is 2. The van der Waals surface area contributed by atoms with Crippen molar-refractivity contribution >= 4 is 41.5 Å². The van der Waals surface area contributed by atoms with Crippen LogP contribution in [0.5, 0.6) is 0 Å². The first-order chi connectivity index (χ1) is 13.1. The molecule has 2 rings (SSSR count). The molecule has 0 atom stereocenters. The van der Waals surface area contributed by atoms with Crippen molar-refractivity contribution in [2.45, 2.75) is 32.6 Å². The molecule has 0 aliphatic carbocycles. The minimum Gasteiger partial charge on any atom is -0.372 e. The Bertz CT molecular complexity index is 628. The zero-order valence-electron chi connectivity index (χ0n) is 16.9. The first-order valence-corrected chi connectivity index (χ1v) is 9.87. The Hall–Kier alpha value is -1.58. The monoisotopic (exact) mass is 505 g/mol. The lowest BCUT2D eigenvalue weighted by Crippen LogP contribution is -2.39. The summed E-state index contributed by atoms with van der Waals surface area (Å²) in [5.74, 6) is 0.862. The molecule has 1 aromatic carbocycles. The Labute approximate surface area is 185 Å². The second-order valence-electron chi connectivity index (χ2n) is 6.75. The van der Waals surface area contributed by atoms with Gasteiger partial charge < -0.3 is 20.4 Å². The van der Waals surface area contributed by atoms with Gasteiger partial charge in [-0.3, -0.25) is 9.79 Å². The summed E-state index contributed by atoms with van der Waals surface area (Å²) in [7, 11) is 1.90. The number of halogens is 2. The molecule has 8 heteroatoms. The smallest absolute Gasteiger partial charge is 0.222 e. The number of guanidine groups is 1. The van der Waals surface area contributed by atoms with Crippen molar-refractivity contribution in [3.63, 3.8) is 0 Å². The highest BCUT2D eigenvalue weighted by Gasteiger charge is 2.18. The molecule has 0 unspecified atom stereocenters. The van der Waals surface area contributed by atoms with E-state index in [-0.39, 0.29) is 35.7 Å². The third-order valence-electron chi connectivity index (χ3n) is 4.60. The summed E-state index contributed by atoms with van der Waals surface area (Å²) in [6.45, 7) is 6.71. The molecule has 0 radical (unpaired) electrons. The summed E-state index contributed by atoms with van der Waals surface area (Å²) < 4.78 is 13.8. The van der Waals surface area contributed by atoms with Crippen LogP contribution in [0, 0.1) is 5.82 Å². The fourth-order valence-corrected chi connectivity index (χ4v) is 3.14. The van der Waals surface area contributed by atoms with Crippen molar-refractivity contribution < 1.29 is 9.18 Å². The van der Waals surface area contributed by atoms with E-state index in [4.69, 9.17) is 0 Å². The minimum atomic E-state index is -0.195. The number of nitrogens with zero attached hydrogens (tertiary/aromatic N) is 3. The lowest BCUT2D eigenvalue weighted by atomic mass is 10.2. The topological polar surface area (TPSA) is 60.0 Å². The number of benzene rings is 1. The average Bonchev–Trinajstić information content (AvgIpc) is 3.07. The highest BCUT2D eigenvalue weighted by atomic mass is 127. The van der Waals surface area contributed by atoms with E-state index in [2.05, 4.69) is 15.6 Å². The Morgan fingerprint density at radius 2 is 2.07 bits per heavy atom. The second-order valence-corrected chi connectivity index (χ2v) is 6.75. The van der Waals surface area contributed by atoms with Crippen LogP contribution in [0.2, 0.25) is 0 Å². The number of hydrogen-bond acceptors (Lipinski definition) is 3. The maximum absolute atomic E-state index is 13.8. The predicted octanol–water partition coefficient (Wildman–Crippen LogP) is 2.84. The Morgan fingerprint density at radius 1 is 1.29 bits per heavy atom. The van der Waals surface area contributed by atoms with E-state index in [1.54, 1.807) is 12.1 Å². The van der Waals surface area contributed by atoms with Crippen LogP contribution in [0.4, 0.5) is 10.1 Å². The number of likely N-dealkylation sites (tertiary alicyclic amines) is 1. The van der Waals surface area contributed by atoms with Crippen LogP contribution in [-0.4, -0.2) is 63.1 Å². The molecule has 6 nitrogen and oxygen atoms in total. The van der Waals surface area contributed by atoms with Gasteiger partial charge in [-0.25, -0.2) is 4.39 Å². The molecule has 0 spiro atoms. The number of amides is 1. The second kappa shape index (κ2) is 13.6. The summed E-state index contributed by atoms with van der Waals surface area (Å²) in [6.07, 6.45) is 3.41. The lowest BCUT2D eigenvalue weighted by molar-refractivity contribution is -0.127. The lowest BCUT2D eigenvalue weighted by Gasteiger charge is -2.20. The van der Waals surface area contributed by atoms with Crippen molar-refractivity contribution in [2.24, 2.45) is 4.99 Å². The molecule has 1 aliphatic rings. The molecular weight excluding hydrogens is 472 g/mol. The van der Waals surface area contributed by atoms with Crippen LogP contribution in [0.15, 0.2) is 29.3 Å². The molecule has 1 aliphatic heterocycles. The SMILES string of the molecule is CCNC(=NCCCN1CCCC1=O)NCCCN(C)c1ccccc1F.I. The number of rotatable bonds is 10. The van der Waals surface area contributed by atoms with Gasteiger partial charge in [0, 0.05) is 52.7 Å². The fraction of sp³-hybridized carbons (Fsp3) is 0.600. The van der Waals surface area contributed by atoms with Gasteiger partial charge in [0.15, 0.2) is 5.96 Å². The molecule has 1 amide bonds. The number of carbonyl (C=O) groups is 1. The first kappa shape index (κ1) is 24.5. The van der Waals surface area contributed by atoms with E-state index in [1.165, 1.54) is 6.07 Å². The molecule has 1 heterocycles. The standard InChI is InChI=1S/C20H32FN5O.HI/c1-3-22-20(24-13-8-16-26-15-6-11-19(26)27)23-12-7-14-25(2)18-10-5-4-9-17(18)21;/h4-5,9-10H,3,6-8,11-16H2,1-2H3,(H2,22,23,24);1H. The molecule has 28 heavy (non-hydrogen) atoms. The van der Waals surface area contributed by atoms with Crippen LogP contribution in [0.3, 0.4) is 0 Å². The highest BCUT2D eigenvalue weighted by Crippen LogP contribution is 2.16. The van der Waals surface area contributed by atoms with Gasteiger partial charge in [0.1, 0.15) is 5.82 Å². The van der Waals surface area contributed by atoms with E-state index >= 15 is 0 Å². The van der Waals surface area contributed by atoms with Gasteiger partial charge in [-0.15, -0.1) is 24.0 Å². The molecule has 2 N–H and O–H groups in total. The van der Waals surface area contributed by atoms with Crippen molar-refractivity contribution in [2.75, 3.05) is 51.2 Å². The number of para-hydroxylation sites is 1. The van der Waals surface area contributed by atoms with E-state index in [1.807, 2.05) is 29.8 Å². The molecule has 1 fully saturated rings. The average molecular weight is 505 g/mol. The van der Waals surface area contributed by atoms with Gasteiger partial charge in [0.2, 0.25) is 5.91 Å². The fourth-order valence-electron chi connectivity index (χ4n) is 3.14. The Balaban J connectivity index is 0.00000392. The van der Waals surface area contributed by atoms with E-state index in [9.17, 15) is 9.18 Å². The van der Waals surface area contributed by atoms with Crippen molar-refractivity contribution in [1.82, 2.24) is 15.5 Å². The van der Waals surface area contributed by atoms with Gasteiger partial charge in [-0.05, 0) is 38.3 Å². The van der Waals surface area contributed by atoms with Crippen LogP contribution in [0.25, 0.3) is 0 Å². The Morgan fingerprint density at radius 3 is 2.75 bits per heavy atom. The molecule has 0 bridgehead atoms. The largest absolute Gasteiger partial charge is 0.372 e. The van der Waals surface area contributed by atoms with Crippen molar-refractivity contribution in [1.29, 1.82) is 0 Å². The zero-order valence-corrected chi connectivity index (χ0v) is 19.2. The van der Waals surface area contributed by atoms with E-state index in [0.717, 1.165) is 57.9 Å². The summed E-state index contributed by atoms with van der Waals surface area (Å²) in [6, 6.07) is 6.82. The number of carbonyl (C=O) groups excluding carboxylic acids is 1. The van der Waals surface area contributed by atoms with Gasteiger partial charge >= 0.3 is 0 Å². The molecule has 0 aromatic heterocycles. The molecular formula is C20H33FIN5O. The summed E-state index contributed by atoms with van der Waals surface area (Å²) >= 11 is 0. The summed E-state index contributed by atoms with van der Waals surface area (Å²) in [5.41, 5.74) is 0.620. The predicted molar refractivity (Wildman–Crippen MR) is 124 cm³/mol. The molecule has 1 saturated heterocycles. The van der Waals surface area contributed by atoms with E-state index < -0.39 is 0 Å².